The summed E-state index contributed by atoms with van der Waals surface area (Å²) in [4.78, 5) is 0. The molecule has 1 N–H and O–H groups in total. The van der Waals surface area contributed by atoms with Crippen molar-refractivity contribution in [3.8, 4) is 5.75 Å². The molecule has 0 radical (unpaired) electrons. The Labute approximate surface area is 115 Å². The molecule has 1 atom stereocenters. The highest BCUT2D eigenvalue weighted by atomic mass is 16.5. The molecule has 2 aromatic rings. The lowest BCUT2D eigenvalue weighted by atomic mass is 10.0. The van der Waals surface area contributed by atoms with Gasteiger partial charge in [0.1, 0.15) is 5.75 Å². The second-order valence-corrected chi connectivity index (χ2v) is 4.88. The molecule has 0 aliphatic heterocycles. The average Bonchev–Trinajstić information content (AvgIpc) is 2.46. The van der Waals surface area contributed by atoms with Crippen LogP contribution in [0.15, 0.2) is 48.5 Å². The van der Waals surface area contributed by atoms with Crippen LogP contribution in [-0.4, -0.2) is 13.7 Å². The van der Waals surface area contributed by atoms with E-state index in [0.717, 1.165) is 23.5 Å². The van der Waals surface area contributed by atoms with Gasteiger partial charge >= 0.3 is 0 Å². The molecule has 0 aliphatic carbocycles. The molecule has 2 heteroatoms. The number of aryl methyl sites for hydroxylation is 1. The predicted octanol–water partition coefficient (Wildman–Crippen LogP) is 4.22. The molecule has 2 nitrogen and oxygen atoms in total. The van der Waals surface area contributed by atoms with Crippen molar-refractivity contribution in [3.63, 3.8) is 0 Å². The van der Waals surface area contributed by atoms with E-state index in [4.69, 9.17) is 4.74 Å². The van der Waals surface area contributed by atoms with Crippen molar-refractivity contribution in [2.75, 3.05) is 19.0 Å². The maximum Gasteiger partial charge on any atom is 0.121 e. The lowest BCUT2D eigenvalue weighted by Crippen LogP contribution is -2.09. The number of benzene rings is 2. The predicted molar refractivity (Wildman–Crippen MR) is 81.1 cm³/mol. The average molecular weight is 255 g/mol. The van der Waals surface area contributed by atoms with Gasteiger partial charge in [-0.25, -0.2) is 0 Å². The Morgan fingerprint density at radius 1 is 1.11 bits per heavy atom. The van der Waals surface area contributed by atoms with E-state index in [-0.39, 0.29) is 0 Å². The Kier molecular flexibility index (Phi) is 4.45. The van der Waals surface area contributed by atoms with Gasteiger partial charge in [-0.3, -0.25) is 0 Å². The van der Waals surface area contributed by atoms with E-state index in [0.29, 0.717) is 5.92 Å². The first-order valence-electron chi connectivity index (χ1n) is 6.64. The first kappa shape index (κ1) is 13.5. The lowest BCUT2D eigenvalue weighted by molar-refractivity contribution is 0.412. The van der Waals surface area contributed by atoms with Gasteiger partial charge in [-0.2, -0.15) is 0 Å². The van der Waals surface area contributed by atoms with Crippen LogP contribution in [0.25, 0.3) is 0 Å². The standard InChI is InChI=1S/C17H21NO/c1-13-11-16(9-10-17(13)19-3)18-12-14(2)15-7-5-4-6-8-15/h4-11,14,18H,12H2,1-3H3. The second kappa shape index (κ2) is 6.28. The first-order chi connectivity index (χ1) is 9.20. The molecular formula is C17H21NO. The summed E-state index contributed by atoms with van der Waals surface area (Å²) in [6.07, 6.45) is 0. The van der Waals surface area contributed by atoms with Gasteiger partial charge in [0.05, 0.1) is 7.11 Å². The van der Waals surface area contributed by atoms with Gasteiger partial charge in [0.25, 0.3) is 0 Å². The second-order valence-electron chi connectivity index (χ2n) is 4.88. The first-order valence-corrected chi connectivity index (χ1v) is 6.64. The minimum absolute atomic E-state index is 0.489. The Hall–Kier alpha value is -1.96. The van der Waals surface area contributed by atoms with Crippen LogP contribution in [0.4, 0.5) is 5.69 Å². The van der Waals surface area contributed by atoms with Crippen molar-refractivity contribution in [1.29, 1.82) is 0 Å². The Balaban J connectivity index is 1.97. The van der Waals surface area contributed by atoms with Crippen molar-refractivity contribution in [2.24, 2.45) is 0 Å². The summed E-state index contributed by atoms with van der Waals surface area (Å²) < 4.78 is 5.27. The van der Waals surface area contributed by atoms with Gasteiger partial charge in [0.15, 0.2) is 0 Å². The fourth-order valence-electron chi connectivity index (χ4n) is 2.16. The van der Waals surface area contributed by atoms with Crippen LogP contribution in [0.3, 0.4) is 0 Å². The van der Waals surface area contributed by atoms with Crippen molar-refractivity contribution < 1.29 is 4.74 Å². The summed E-state index contributed by atoms with van der Waals surface area (Å²) in [5.74, 6) is 1.42. The maximum atomic E-state index is 5.27. The molecule has 2 rings (SSSR count). The van der Waals surface area contributed by atoms with E-state index >= 15 is 0 Å². The van der Waals surface area contributed by atoms with Gasteiger partial charge in [-0.1, -0.05) is 37.3 Å². The van der Waals surface area contributed by atoms with Gasteiger partial charge in [-0.05, 0) is 42.2 Å². The summed E-state index contributed by atoms with van der Waals surface area (Å²) in [7, 11) is 1.70. The fourth-order valence-corrected chi connectivity index (χ4v) is 2.16. The van der Waals surface area contributed by atoms with Crippen LogP contribution in [0, 0.1) is 6.92 Å². The number of nitrogens with one attached hydrogen (secondary N) is 1. The molecule has 100 valence electrons. The molecule has 0 amide bonds. The van der Waals surface area contributed by atoms with E-state index < -0.39 is 0 Å². The molecule has 0 aliphatic rings. The summed E-state index contributed by atoms with van der Waals surface area (Å²) in [6.45, 7) is 5.22. The van der Waals surface area contributed by atoms with Crippen LogP contribution in [0.1, 0.15) is 24.0 Å². The number of ether oxygens (including phenoxy) is 1. The SMILES string of the molecule is COc1ccc(NCC(C)c2ccccc2)cc1C. The van der Waals surface area contributed by atoms with E-state index in [9.17, 15) is 0 Å². The molecule has 19 heavy (non-hydrogen) atoms. The molecule has 1 unspecified atom stereocenters. The van der Waals surface area contributed by atoms with Crippen LogP contribution in [-0.2, 0) is 0 Å². The number of hydrogen-bond donors (Lipinski definition) is 1. The van der Waals surface area contributed by atoms with Gasteiger partial charge in [0, 0.05) is 12.2 Å². The zero-order chi connectivity index (χ0) is 13.7. The molecule has 0 aromatic heterocycles. The molecule has 2 aromatic carbocycles. The summed E-state index contributed by atoms with van der Waals surface area (Å²) in [6, 6.07) is 16.8. The smallest absolute Gasteiger partial charge is 0.121 e. The molecule has 0 fully saturated rings. The Morgan fingerprint density at radius 3 is 2.47 bits per heavy atom. The highest BCUT2D eigenvalue weighted by Gasteiger charge is 2.05. The van der Waals surface area contributed by atoms with Crippen LogP contribution >= 0.6 is 0 Å². The molecule has 0 heterocycles. The molecule has 0 saturated carbocycles. The van der Waals surface area contributed by atoms with Gasteiger partial charge in [-0.15, -0.1) is 0 Å². The lowest BCUT2D eigenvalue weighted by Gasteiger charge is -2.15. The number of rotatable bonds is 5. The number of anilines is 1. The normalized spacial score (nSPS) is 11.9. The highest BCUT2D eigenvalue weighted by Crippen LogP contribution is 2.22. The van der Waals surface area contributed by atoms with E-state index in [1.807, 2.05) is 6.07 Å². The van der Waals surface area contributed by atoms with E-state index in [1.54, 1.807) is 7.11 Å². The molecule has 0 spiro atoms. The van der Waals surface area contributed by atoms with Crippen molar-refractivity contribution in [3.05, 3.63) is 59.7 Å². The van der Waals surface area contributed by atoms with Crippen LogP contribution < -0.4 is 10.1 Å². The molecule has 0 saturated heterocycles. The van der Waals surface area contributed by atoms with Crippen LogP contribution in [0.2, 0.25) is 0 Å². The highest BCUT2D eigenvalue weighted by molar-refractivity contribution is 5.51. The third-order valence-corrected chi connectivity index (χ3v) is 3.38. The summed E-state index contributed by atoms with van der Waals surface area (Å²) >= 11 is 0. The Morgan fingerprint density at radius 2 is 1.84 bits per heavy atom. The third-order valence-electron chi connectivity index (χ3n) is 3.38. The molecular weight excluding hydrogens is 234 g/mol. The topological polar surface area (TPSA) is 21.3 Å². The number of methoxy groups -OCH3 is 1. The maximum absolute atomic E-state index is 5.27. The van der Waals surface area contributed by atoms with Crippen molar-refractivity contribution >= 4 is 5.69 Å². The van der Waals surface area contributed by atoms with Gasteiger partial charge in [0.2, 0.25) is 0 Å². The Bertz CT molecular complexity index is 522. The third kappa shape index (κ3) is 3.50. The van der Waals surface area contributed by atoms with E-state index in [2.05, 4.69) is 61.6 Å². The largest absolute Gasteiger partial charge is 0.496 e. The zero-order valence-corrected chi connectivity index (χ0v) is 11.8. The fraction of sp³-hybridized carbons (Fsp3) is 0.294. The minimum Gasteiger partial charge on any atom is -0.496 e. The molecule has 0 bridgehead atoms. The summed E-state index contributed by atoms with van der Waals surface area (Å²) in [5.41, 5.74) is 3.65. The van der Waals surface area contributed by atoms with Gasteiger partial charge < -0.3 is 10.1 Å². The van der Waals surface area contributed by atoms with E-state index in [1.165, 1.54) is 5.56 Å². The summed E-state index contributed by atoms with van der Waals surface area (Å²) in [5, 5.41) is 3.48. The zero-order valence-electron chi connectivity index (χ0n) is 11.8. The van der Waals surface area contributed by atoms with Crippen molar-refractivity contribution in [1.82, 2.24) is 0 Å². The van der Waals surface area contributed by atoms with Crippen molar-refractivity contribution in [2.45, 2.75) is 19.8 Å². The van der Waals surface area contributed by atoms with Crippen LogP contribution in [0.5, 0.6) is 5.75 Å². The number of hydrogen-bond acceptors (Lipinski definition) is 2. The monoisotopic (exact) mass is 255 g/mol. The minimum atomic E-state index is 0.489. The quantitative estimate of drug-likeness (QED) is 0.863.